The van der Waals surface area contributed by atoms with Crippen LogP contribution in [0.4, 0.5) is 0 Å². The van der Waals surface area contributed by atoms with E-state index in [0.29, 0.717) is 10.8 Å². The number of thiophene rings is 1. The summed E-state index contributed by atoms with van der Waals surface area (Å²) in [4.78, 5) is 23.7. The van der Waals surface area contributed by atoms with Gasteiger partial charge in [-0.25, -0.2) is 4.98 Å². The predicted octanol–water partition coefficient (Wildman–Crippen LogP) is 4.73. The summed E-state index contributed by atoms with van der Waals surface area (Å²) in [5, 5.41) is 3.51. The molecule has 0 saturated carbocycles. The van der Waals surface area contributed by atoms with Gasteiger partial charge in [-0.05, 0) is 42.5 Å². The monoisotopic (exact) mass is 377 g/mol. The molecule has 1 aliphatic rings. The summed E-state index contributed by atoms with van der Waals surface area (Å²) in [6.45, 7) is 0.845. The number of halogens is 1. The molecule has 4 nitrogen and oxygen atoms in total. The minimum Gasteiger partial charge on any atom is -0.334 e. The van der Waals surface area contributed by atoms with E-state index >= 15 is 0 Å². The Hall–Kier alpha value is -1.50. The molecule has 3 aromatic rings. The third-order valence-corrected chi connectivity index (χ3v) is 6.27. The van der Waals surface area contributed by atoms with Crippen LogP contribution < -0.4 is 0 Å². The fraction of sp³-hybridized carbons (Fsp3) is 0.294. The van der Waals surface area contributed by atoms with Crippen LogP contribution in [0.25, 0.3) is 11.0 Å². The van der Waals surface area contributed by atoms with Crippen LogP contribution in [0.3, 0.4) is 0 Å². The highest BCUT2D eigenvalue weighted by Crippen LogP contribution is 2.35. The number of amides is 1. The predicted molar refractivity (Wildman–Crippen MR) is 99.8 cm³/mol. The summed E-state index contributed by atoms with van der Waals surface area (Å²) in [5.74, 6) is 0.574. The Balaban J connectivity index is 1.43. The van der Waals surface area contributed by atoms with Crippen molar-refractivity contribution in [2.75, 3.05) is 12.3 Å². The Labute approximate surface area is 153 Å². The molecule has 7 heteroatoms. The van der Waals surface area contributed by atoms with Crippen LogP contribution in [0.1, 0.15) is 23.8 Å². The lowest BCUT2D eigenvalue weighted by atomic mass is 10.2. The van der Waals surface area contributed by atoms with Crippen molar-refractivity contribution in [2.24, 2.45) is 0 Å². The van der Waals surface area contributed by atoms with Gasteiger partial charge in [-0.1, -0.05) is 29.4 Å². The molecular formula is C17H16ClN3OS2. The average molecular weight is 378 g/mol. The number of benzene rings is 1. The molecule has 0 aliphatic carbocycles. The highest BCUT2D eigenvalue weighted by molar-refractivity contribution is 7.99. The first-order valence-electron chi connectivity index (χ1n) is 7.81. The minimum absolute atomic E-state index is 0.175. The van der Waals surface area contributed by atoms with Crippen LogP contribution >= 0.6 is 34.7 Å². The number of nitrogens with zero attached hydrogens (tertiary/aromatic N) is 2. The van der Waals surface area contributed by atoms with Crippen molar-refractivity contribution in [3.05, 3.63) is 45.6 Å². The second kappa shape index (κ2) is 6.78. The molecule has 1 unspecified atom stereocenters. The first-order valence-corrected chi connectivity index (χ1v) is 10.1. The highest BCUT2D eigenvalue weighted by atomic mass is 35.5. The number of likely N-dealkylation sites (tertiary alicyclic amines) is 1. The van der Waals surface area contributed by atoms with Gasteiger partial charge >= 0.3 is 0 Å². The maximum absolute atomic E-state index is 12.6. The number of carbonyl (C=O) groups excluding carboxylic acids is 1. The van der Waals surface area contributed by atoms with Crippen molar-refractivity contribution in [1.82, 2.24) is 14.9 Å². The van der Waals surface area contributed by atoms with E-state index in [2.05, 4.69) is 27.5 Å². The van der Waals surface area contributed by atoms with Gasteiger partial charge in [0.2, 0.25) is 5.91 Å². The van der Waals surface area contributed by atoms with E-state index < -0.39 is 0 Å². The number of H-pyrrole nitrogens is 1. The molecule has 1 N–H and O–H groups in total. The number of imidazole rings is 1. The van der Waals surface area contributed by atoms with Crippen molar-refractivity contribution < 1.29 is 4.79 Å². The van der Waals surface area contributed by atoms with Crippen molar-refractivity contribution in [2.45, 2.75) is 24.0 Å². The minimum atomic E-state index is 0.175. The summed E-state index contributed by atoms with van der Waals surface area (Å²) < 4.78 is 0. The molecule has 24 heavy (non-hydrogen) atoms. The summed E-state index contributed by atoms with van der Waals surface area (Å²) in [5.41, 5.74) is 1.77. The van der Waals surface area contributed by atoms with Crippen molar-refractivity contribution in [1.29, 1.82) is 0 Å². The van der Waals surface area contributed by atoms with Gasteiger partial charge in [0.25, 0.3) is 0 Å². The zero-order valence-electron chi connectivity index (χ0n) is 12.9. The number of hydrogen-bond acceptors (Lipinski definition) is 4. The van der Waals surface area contributed by atoms with Crippen LogP contribution in [0, 0.1) is 0 Å². The number of nitrogens with one attached hydrogen (secondary N) is 1. The largest absolute Gasteiger partial charge is 0.334 e. The number of carbonyl (C=O) groups is 1. The third-order valence-electron chi connectivity index (χ3n) is 4.20. The Morgan fingerprint density at radius 3 is 3.21 bits per heavy atom. The first-order chi connectivity index (χ1) is 11.7. The first kappa shape index (κ1) is 16.0. The molecule has 1 atom stereocenters. The second-order valence-electron chi connectivity index (χ2n) is 5.75. The number of rotatable bonds is 4. The molecule has 3 heterocycles. The standard InChI is InChI=1S/C17H16ClN3OS2/c18-11-5-6-12-13(9-11)20-17(19-12)24-10-16(22)21-7-1-3-14(21)15-4-2-8-23-15/h2,4-6,8-9,14H,1,3,7,10H2,(H,19,20). The second-order valence-corrected chi connectivity index (χ2v) is 8.13. The lowest BCUT2D eigenvalue weighted by Gasteiger charge is -2.23. The number of fused-ring (bicyclic) bond motifs is 1. The van der Waals surface area contributed by atoms with E-state index in [4.69, 9.17) is 11.6 Å². The number of aromatic nitrogens is 2. The summed E-state index contributed by atoms with van der Waals surface area (Å²) in [6.07, 6.45) is 2.13. The molecular weight excluding hydrogens is 362 g/mol. The maximum Gasteiger partial charge on any atom is 0.233 e. The van der Waals surface area contributed by atoms with Gasteiger partial charge in [0.15, 0.2) is 5.16 Å². The number of hydrogen-bond donors (Lipinski definition) is 1. The Morgan fingerprint density at radius 2 is 2.38 bits per heavy atom. The number of aromatic amines is 1. The molecule has 4 rings (SSSR count). The lowest BCUT2D eigenvalue weighted by molar-refractivity contribution is -0.129. The Morgan fingerprint density at radius 1 is 1.46 bits per heavy atom. The summed E-state index contributed by atoms with van der Waals surface area (Å²) in [6, 6.07) is 9.97. The van der Waals surface area contributed by atoms with E-state index in [-0.39, 0.29) is 11.9 Å². The van der Waals surface area contributed by atoms with Crippen LogP contribution in [-0.4, -0.2) is 33.1 Å². The fourth-order valence-electron chi connectivity index (χ4n) is 3.08. The molecule has 0 spiro atoms. The quantitative estimate of drug-likeness (QED) is 0.668. The van der Waals surface area contributed by atoms with Crippen LogP contribution in [0.5, 0.6) is 0 Å². The number of thioether (sulfide) groups is 1. The van der Waals surface area contributed by atoms with Gasteiger partial charge in [0.05, 0.1) is 22.8 Å². The van der Waals surface area contributed by atoms with E-state index in [9.17, 15) is 4.79 Å². The van der Waals surface area contributed by atoms with Gasteiger partial charge in [0, 0.05) is 16.4 Å². The molecule has 0 bridgehead atoms. The van der Waals surface area contributed by atoms with Gasteiger partial charge in [-0.2, -0.15) is 0 Å². The average Bonchev–Trinajstić information content (AvgIpc) is 3.30. The zero-order valence-corrected chi connectivity index (χ0v) is 15.3. The van der Waals surface area contributed by atoms with E-state index in [1.807, 2.05) is 23.1 Å². The van der Waals surface area contributed by atoms with E-state index in [1.165, 1.54) is 16.6 Å². The van der Waals surface area contributed by atoms with Crippen LogP contribution in [0.15, 0.2) is 40.9 Å². The van der Waals surface area contributed by atoms with Crippen LogP contribution in [0.2, 0.25) is 5.02 Å². The SMILES string of the molecule is O=C(CSc1nc2ccc(Cl)cc2[nH]1)N1CCCC1c1cccs1. The van der Waals surface area contributed by atoms with E-state index in [0.717, 1.165) is 35.6 Å². The molecule has 1 aliphatic heterocycles. The molecule has 1 saturated heterocycles. The topological polar surface area (TPSA) is 49.0 Å². The molecule has 1 amide bonds. The summed E-state index contributed by atoms with van der Waals surface area (Å²) in [7, 11) is 0. The van der Waals surface area contributed by atoms with E-state index in [1.54, 1.807) is 11.3 Å². The molecule has 1 aromatic carbocycles. The Kier molecular flexibility index (Phi) is 4.52. The molecule has 0 radical (unpaired) electrons. The van der Waals surface area contributed by atoms with Gasteiger partial charge < -0.3 is 9.88 Å². The van der Waals surface area contributed by atoms with Crippen molar-refractivity contribution >= 4 is 51.6 Å². The third kappa shape index (κ3) is 3.18. The molecule has 124 valence electrons. The Bertz CT molecular complexity index is 862. The van der Waals surface area contributed by atoms with Crippen molar-refractivity contribution in [3.63, 3.8) is 0 Å². The normalized spacial score (nSPS) is 17.7. The maximum atomic E-state index is 12.6. The lowest BCUT2D eigenvalue weighted by Crippen LogP contribution is -2.31. The molecule has 1 fully saturated rings. The van der Waals surface area contributed by atoms with Crippen LogP contribution in [-0.2, 0) is 4.79 Å². The molecule has 2 aromatic heterocycles. The smallest absolute Gasteiger partial charge is 0.233 e. The fourth-order valence-corrected chi connectivity index (χ4v) is 4.90. The van der Waals surface area contributed by atoms with Gasteiger partial charge in [-0.15, -0.1) is 11.3 Å². The van der Waals surface area contributed by atoms with Crippen molar-refractivity contribution in [3.8, 4) is 0 Å². The van der Waals surface area contributed by atoms with Gasteiger partial charge in [0.1, 0.15) is 0 Å². The summed E-state index contributed by atoms with van der Waals surface area (Å²) >= 11 is 9.17. The zero-order chi connectivity index (χ0) is 16.5. The highest BCUT2D eigenvalue weighted by Gasteiger charge is 2.30. The van der Waals surface area contributed by atoms with Gasteiger partial charge in [-0.3, -0.25) is 4.79 Å².